The summed E-state index contributed by atoms with van der Waals surface area (Å²) in [7, 11) is 3.70. The lowest BCUT2D eigenvalue weighted by atomic mass is 9.94. The number of carbonyl (C=O) groups excluding carboxylic acids is 1. The Morgan fingerprint density at radius 3 is 2.74 bits per heavy atom. The molecule has 5 nitrogen and oxygen atoms in total. The zero-order valence-corrected chi connectivity index (χ0v) is 17.8. The van der Waals surface area contributed by atoms with E-state index in [0.717, 1.165) is 42.3 Å². The molecule has 2 aliphatic carbocycles. The monoisotopic (exact) mass is 405 g/mol. The van der Waals surface area contributed by atoms with Crippen molar-refractivity contribution in [1.82, 2.24) is 14.5 Å². The van der Waals surface area contributed by atoms with Crippen LogP contribution < -0.4 is 5.56 Å². The first-order valence-corrected chi connectivity index (χ1v) is 11.8. The molecular formula is C20H27N3O2S2. The van der Waals surface area contributed by atoms with Crippen LogP contribution in [-0.2, 0) is 24.7 Å². The van der Waals surface area contributed by atoms with Gasteiger partial charge in [0.1, 0.15) is 4.83 Å². The number of rotatable bonds is 4. The van der Waals surface area contributed by atoms with Gasteiger partial charge >= 0.3 is 0 Å². The van der Waals surface area contributed by atoms with Crippen molar-refractivity contribution in [3.05, 3.63) is 20.8 Å². The summed E-state index contributed by atoms with van der Waals surface area (Å²) in [6.07, 6.45) is 10.3. The predicted octanol–water partition coefficient (Wildman–Crippen LogP) is 3.76. The zero-order valence-electron chi connectivity index (χ0n) is 16.1. The fourth-order valence-electron chi connectivity index (χ4n) is 4.30. The largest absolute Gasteiger partial charge is 0.342 e. The molecule has 0 spiro atoms. The van der Waals surface area contributed by atoms with Gasteiger partial charge in [-0.25, -0.2) is 4.98 Å². The second-order valence-corrected chi connectivity index (χ2v) is 9.76. The molecule has 0 N–H and O–H groups in total. The number of fused-ring (bicyclic) bond motifs is 3. The molecule has 0 saturated heterocycles. The summed E-state index contributed by atoms with van der Waals surface area (Å²) in [4.78, 5) is 34.4. The quantitative estimate of drug-likeness (QED) is 0.574. The highest BCUT2D eigenvalue weighted by Crippen LogP contribution is 2.34. The van der Waals surface area contributed by atoms with E-state index in [9.17, 15) is 9.59 Å². The second-order valence-electron chi connectivity index (χ2n) is 7.73. The third-order valence-electron chi connectivity index (χ3n) is 6.00. The highest BCUT2D eigenvalue weighted by atomic mass is 32.2. The molecule has 0 aromatic carbocycles. The van der Waals surface area contributed by atoms with Crippen LogP contribution in [0.1, 0.15) is 55.4 Å². The van der Waals surface area contributed by atoms with E-state index < -0.39 is 0 Å². The molecule has 146 valence electrons. The van der Waals surface area contributed by atoms with Gasteiger partial charge in [0.15, 0.2) is 5.16 Å². The van der Waals surface area contributed by atoms with Gasteiger partial charge in [-0.05, 0) is 44.1 Å². The summed E-state index contributed by atoms with van der Waals surface area (Å²) in [5.74, 6) is 0.468. The van der Waals surface area contributed by atoms with Crippen molar-refractivity contribution in [3.8, 4) is 0 Å². The van der Waals surface area contributed by atoms with E-state index in [1.165, 1.54) is 47.9 Å². The van der Waals surface area contributed by atoms with Crippen molar-refractivity contribution < 1.29 is 4.79 Å². The van der Waals surface area contributed by atoms with Crippen LogP contribution in [-0.4, -0.2) is 39.2 Å². The smallest absolute Gasteiger partial charge is 0.262 e. The minimum atomic E-state index is 0.0370. The average molecular weight is 406 g/mol. The SMILES string of the molecule is CN(C(=O)CSc1nc2sc3c(c2c(=O)n1C)CCCC3)C1CCCCC1. The van der Waals surface area contributed by atoms with Gasteiger partial charge in [-0.2, -0.15) is 0 Å². The van der Waals surface area contributed by atoms with Crippen LogP contribution in [0.5, 0.6) is 0 Å². The van der Waals surface area contributed by atoms with Gasteiger partial charge in [0.2, 0.25) is 5.91 Å². The van der Waals surface area contributed by atoms with Crippen molar-refractivity contribution in [3.63, 3.8) is 0 Å². The number of amides is 1. The van der Waals surface area contributed by atoms with E-state index in [4.69, 9.17) is 4.98 Å². The van der Waals surface area contributed by atoms with E-state index in [1.807, 2.05) is 11.9 Å². The van der Waals surface area contributed by atoms with E-state index in [2.05, 4.69) is 0 Å². The molecule has 4 rings (SSSR count). The molecule has 1 amide bonds. The first-order valence-electron chi connectivity index (χ1n) is 9.96. The fourth-order valence-corrected chi connectivity index (χ4v) is 6.49. The third kappa shape index (κ3) is 3.68. The third-order valence-corrected chi connectivity index (χ3v) is 8.20. The molecule has 7 heteroatoms. The Morgan fingerprint density at radius 1 is 1.22 bits per heavy atom. The van der Waals surface area contributed by atoms with Gasteiger partial charge in [-0.3, -0.25) is 14.2 Å². The Kier molecular flexibility index (Phi) is 5.60. The standard InChI is InChI=1S/C20H27N3O2S2/c1-22(13-8-4-3-5-9-13)16(24)12-26-20-21-18-17(19(25)23(20)2)14-10-6-7-11-15(14)27-18/h13H,3-12H2,1-2H3. The number of aromatic nitrogens is 2. The van der Waals surface area contributed by atoms with E-state index >= 15 is 0 Å². The van der Waals surface area contributed by atoms with E-state index in [-0.39, 0.29) is 11.5 Å². The molecule has 0 unspecified atom stereocenters. The molecule has 0 aliphatic heterocycles. The molecule has 1 saturated carbocycles. The maximum absolute atomic E-state index is 12.9. The van der Waals surface area contributed by atoms with Gasteiger partial charge in [-0.1, -0.05) is 31.0 Å². The van der Waals surface area contributed by atoms with Crippen molar-refractivity contribution in [2.24, 2.45) is 7.05 Å². The number of hydrogen-bond acceptors (Lipinski definition) is 5. The minimum Gasteiger partial charge on any atom is -0.342 e. The molecule has 0 atom stereocenters. The van der Waals surface area contributed by atoms with Crippen LogP contribution in [0.4, 0.5) is 0 Å². The molecule has 2 aliphatic rings. The van der Waals surface area contributed by atoms with Gasteiger partial charge in [0.05, 0.1) is 11.1 Å². The van der Waals surface area contributed by atoms with E-state index in [0.29, 0.717) is 17.0 Å². The van der Waals surface area contributed by atoms with Gasteiger partial charge < -0.3 is 4.90 Å². The number of hydrogen-bond donors (Lipinski definition) is 0. The van der Waals surface area contributed by atoms with Crippen LogP contribution in [0.25, 0.3) is 10.2 Å². The summed E-state index contributed by atoms with van der Waals surface area (Å²) < 4.78 is 1.63. The Labute approximate surface area is 168 Å². The summed E-state index contributed by atoms with van der Waals surface area (Å²) >= 11 is 3.06. The van der Waals surface area contributed by atoms with Gasteiger partial charge in [-0.15, -0.1) is 11.3 Å². The molecule has 2 aromatic heterocycles. The Morgan fingerprint density at radius 2 is 1.96 bits per heavy atom. The van der Waals surface area contributed by atoms with Crippen LogP contribution in [0, 0.1) is 0 Å². The predicted molar refractivity (Wildman–Crippen MR) is 112 cm³/mol. The highest BCUT2D eigenvalue weighted by Gasteiger charge is 2.24. The van der Waals surface area contributed by atoms with Crippen molar-refractivity contribution >= 4 is 39.2 Å². The van der Waals surface area contributed by atoms with Crippen LogP contribution in [0.2, 0.25) is 0 Å². The Balaban J connectivity index is 1.53. The second kappa shape index (κ2) is 7.95. The topological polar surface area (TPSA) is 55.2 Å². The minimum absolute atomic E-state index is 0.0370. The maximum Gasteiger partial charge on any atom is 0.262 e. The van der Waals surface area contributed by atoms with Crippen molar-refractivity contribution in [2.45, 2.75) is 69.0 Å². The first-order chi connectivity index (χ1) is 13.1. The van der Waals surface area contributed by atoms with Gasteiger partial charge in [0.25, 0.3) is 5.56 Å². The van der Waals surface area contributed by atoms with Crippen LogP contribution in [0.3, 0.4) is 0 Å². The first kappa shape index (κ1) is 19.0. The van der Waals surface area contributed by atoms with Crippen LogP contribution >= 0.6 is 23.1 Å². The number of aryl methyl sites for hydroxylation is 2. The Hall–Kier alpha value is -1.34. The summed E-state index contributed by atoms with van der Waals surface area (Å²) in [5.41, 5.74) is 1.26. The lowest BCUT2D eigenvalue weighted by molar-refractivity contribution is -0.129. The van der Waals surface area contributed by atoms with E-state index in [1.54, 1.807) is 23.0 Å². The molecule has 1 fully saturated rings. The highest BCUT2D eigenvalue weighted by molar-refractivity contribution is 7.99. The number of thioether (sulfide) groups is 1. The molecule has 27 heavy (non-hydrogen) atoms. The number of nitrogens with zero attached hydrogens (tertiary/aromatic N) is 3. The number of carbonyl (C=O) groups is 1. The summed E-state index contributed by atoms with van der Waals surface area (Å²) in [5, 5.41) is 1.46. The molecule has 2 aromatic rings. The lowest BCUT2D eigenvalue weighted by Crippen LogP contribution is -2.39. The molecule has 0 radical (unpaired) electrons. The fraction of sp³-hybridized carbons (Fsp3) is 0.650. The van der Waals surface area contributed by atoms with Crippen molar-refractivity contribution in [2.75, 3.05) is 12.8 Å². The van der Waals surface area contributed by atoms with Crippen molar-refractivity contribution in [1.29, 1.82) is 0 Å². The van der Waals surface area contributed by atoms with Gasteiger partial charge in [0, 0.05) is 25.0 Å². The lowest BCUT2D eigenvalue weighted by Gasteiger charge is -2.31. The average Bonchev–Trinajstić information content (AvgIpc) is 3.07. The summed E-state index contributed by atoms with van der Waals surface area (Å²) in [6.45, 7) is 0. The maximum atomic E-state index is 12.9. The summed E-state index contributed by atoms with van der Waals surface area (Å²) in [6, 6.07) is 0.370. The zero-order chi connectivity index (χ0) is 19.0. The molecule has 2 heterocycles. The normalized spacial score (nSPS) is 17.9. The van der Waals surface area contributed by atoms with Crippen LogP contribution in [0.15, 0.2) is 9.95 Å². The molecule has 0 bridgehead atoms. The number of thiophene rings is 1. The Bertz CT molecular complexity index is 912. The molecular weight excluding hydrogens is 378 g/mol.